The Bertz CT molecular complexity index is 1320. The maximum absolute atomic E-state index is 14.7. The van der Waals surface area contributed by atoms with E-state index in [4.69, 9.17) is 4.74 Å². The molecule has 1 fully saturated rings. The van der Waals surface area contributed by atoms with E-state index in [9.17, 15) is 29.0 Å². The summed E-state index contributed by atoms with van der Waals surface area (Å²) >= 11 is 0. The number of ketones is 1. The molecule has 0 unspecified atom stereocenters. The molecule has 4 rings (SSSR count). The zero-order chi connectivity index (χ0) is 27.2. The van der Waals surface area contributed by atoms with Crippen molar-refractivity contribution >= 4 is 17.7 Å². The number of phenolic OH excluding ortho intramolecular Hbond substituents is 2. The normalized spacial score (nSPS) is 17.3. The fraction of sp³-hybridized carbons (Fsp3) is 0.276. The number of phenols is 2. The third-order valence-electron chi connectivity index (χ3n) is 6.55. The van der Waals surface area contributed by atoms with Gasteiger partial charge in [0.2, 0.25) is 0 Å². The first-order chi connectivity index (χ1) is 18.3. The van der Waals surface area contributed by atoms with E-state index >= 15 is 0 Å². The van der Waals surface area contributed by atoms with Crippen LogP contribution in [0.4, 0.5) is 4.39 Å². The van der Waals surface area contributed by atoms with Gasteiger partial charge in [-0.3, -0.25) is 9.59 Å². The first-order valence-electron chi connectivity index (χ1n) is 12.4. The summed E-state index contributed by atoms with van der Waals surface area (Å²) < 4.78 is 20.5. The Balaban J connectivity index is 1.46. The van der Waals surface area contributed by atoms with Crippen LogP contribution in [-0.4, -0.2) is 53.1 Å². The molecule has 1 aliphatic heterocycles. The van der Waals surface area contributed by atoms with Crippen LogP contribution in [0.3, 0.4) is 0 Å². The number of amides is 1. The smallest absolute Gasteiger partial charge is 0.338 e. The first-order valence-corrected chi connectivity index (χ1v) is 12.4. The molecular formula is C29H29FN2O6. The van der Waals surface area contributed by atoms with Gasteiger partial charge in [-0.25, -0.2) is 9.18 Å². The summed E-state index contributed by atoms with van der Waals surface area (Å²) in [5, 5.41) is 25.7. The molecule has 198 valence electrons. The highest BCUT2D eigenvalue weighted by Gasteiger charge is 2.29. The number of hydrogen-bond acceptors (Lipinski definition) is 7. The number of rotatable bonds is 7. The number of hydrogen-bond donors (Lipinski definition) is 4. The van der Waals surface area contributed by atoms with Gasteiger partial charge in [0.1, 0.15) is 29.0 Å². The van der Waals surface area contributed by atoms with Crippen molar-refractivity contribution in [3.63, 3.8) is 0 Å². The summed E-state index contributed by atoms with van der Waals surface area (Å²) in [6.45, 7) is 2.86. The molecule has 1 aliphatic rings. The summed E-state index contributed by atoms with van der Waals surface area (Å²) in [6.07, 6.45) is 1.04. The van der Waals surface area contributed by atoms with Crippen LogP contribution < -0.4 is 10.6 Å². The van der Waals surface area contributed by atoms with Crippen molar-refractivity contribution < 1.29 is 33.7 Å². The number of carbonyl (C=O) groups is 3. The number of ether oxygens (including phenoxy) is 1. The molecule has 1 amide bonds. The number of esters is 1. The summed E-state index contributed by atoms with van der Waals surface area (Å²) in [4.78, 5) is 38.5. The van der Waals surface area contributed by atoms with Gasteiger partial charge in [0, 0.05) is 17.7 Å². The van der Waals surface area contributed by atoms with Crippen molar-refractivity contribution in [2.75, 3.05) is 13.1 Å². The fourth-order valence-electron chi connectivity index (χ4n) is 4.37. The van der Waals surface area contributed by atoms with Crippen molar-refractivity contribution in [3.8, 4) is 11.5 Å². The van der Waals surface area contributed by atoms with Crippen LogP contribution in [0.1, 0.15) is 62.0 Å². The molecule has 8 nitrogen and oxygen atoms in total. The number of aromatic hydroxyl groups is 2. The monoisotopic (exact) mass is 520 g/mol. The van der Waals surface area contributed by atoms with E-state index < -0.39 is 41.0 Å². The second-order valence-corrected chi connectivity index (χ2v) is 9.11. The van der Waals surface area contributed by atoms with Gasteiger partial charge in [-0.1, -0.05) is 25.1 Å². The number of carbonyl (C=O) groups excluding carboxylic acids is 3. The van der Waals surface area contributed by atoms with Gasteiger partial charge in [0.05, 0.1) is 11.6 Å². The molecule has 3 aromatic rings. The van der Waals surface area contributed by atoms with Crippen LogP contribution in [0.25, 0.3) is 0 Å². The van der Waals surface area contributed by atoms with Gasteiger partial charge in [0.25, 0.3) is 5.91 Å². The molecule has 9 heteroatoms. The Morgan fingerprint density at radius 2 is 1.63 bits per heavy atom. The third-order valence-corrected chi connectivity index (χ3v) is 6.55. The summed E-state index contributed by atoms with van der Waals surface area (Å²) in [5.74, 6) is -2.83. The average molecular weight is 521 g/mol. The number of halogens is 1. The Kier molecular flexibility index (Phi) is 8.38. The van der Waals surface area contributed by atoms with Crippen molar-refractivity contribution in [1.29, 1.82) is 0 Å². The van der Waals surface area contributed by atoms with Crippen molar-refractivity contribution in [2.24, 2.45) is 0 Å². The lowest BCUT2D eigenvalue weighted by Gasteiger charge is -2.26. The average Bonchev–Trinajstić information content (AvgIpc) is 3.14. The van der Waals surface area contributed by atoms with Gasteiger partial charge >= 0.3 is 5.97 Å². The maximum atomic E-state index is 14.7. The molecule has 0 aromatic heterocycles. The highest BCUT2D eigenvalue weighted by molar-refractivity contribution is 6.11. The number of nitrogens with one attached hydrogen (secondary N) is 2. The van der Waals surface area contributed by atoms with Crippen molar-refractivity contribution in [2.45, 2.75) is 38.3 Å². The number of benzene rings is 3. The lowest BCUT2D eigenvalue weighted by molar-refractivity contribution is 0.0192. The lowest BCUT2D eigenvalue weighted by Crippen LogP contribution is -2.49. The largest absolute Gasteiger partial charge is 0.508 e. The second-order valence-electron chi connectivity index (χ2n) is 9.11. The minimum atomic E-state index is -0.761. The first kappa shape index (κ1) is 26.8. The predicted molar refractivity (Wildman–Crippen MR) is 138 cm³/mol. The van der Waals surface area contributed by atoms with E-state index in [1.165, 1.54) is 60.7 Å². The van der Waals surface area contributed by atoms with Gasteiger partial charge < -0.3 is 25.6 Å². The molecule has 0 radical (unpaired) electrons. The highest BCUT2D eigenvalue weighted by atomic mass is 19.1. The van der Waals surface area contributed by atoms with Crippen LogP contribution in [0.15, 0.2) is 60.7 Å². The minimum absolute atomic E-state index is 0.0497. The molecule has 1 saturated heterocycles. The molecule has 2 atom stereocenters. The standard InChI is InChI=1S/C29H29FN2O6/c1-2-17-11-14-23(34)25(26(17)30)27(35)18-5-7-20(8-6-18)29(37)38-24-4-3-15-31-16-22(24)32-28(36)19-9-12-21(33)13-10-19/h5-14,22,24,31,33-34H,2-4,15-16H2,1H3,(H,32,36)/t22-,24-/m1/s1. The Hall–Kier alpha value is -4.24. The van der Waals surface area contributed by atoms with Gasteiger partial charge in [-0.15, -0.1) is 0 Å². The van der Waals surface area contributed by atoms with E-state index in [0.717, 1.165) is 6.42 Å². The van der Waals surface area contributed by atoms with Gasteiger partial charge in [-0.2, -0.15) is 0 Å². The Morgan fingerprint density at radius 3 is 2.32 bits per heavy atom. The Labute approximate surface area is 219 Å². The van der Waals surface area contributed by atoms with Crippen LogP contribution in [-0.2, 0) is 11.2 Å². The zero-order valence-electron chi connectivity index (χ0n) is 20.9. The maximum Gasteiger partial charge on any atom is 0.338 e. The van der Waals surface area contributed by atoms with Gasteiger partial charge in [0.15, 0.2) is 5.78 Å². The van der Waals surface area contributed by atoms with Gasteiger partial charge in [-0.05, 0) is 73.8 Å². The molecule has 0 aliphatic carbocycles. The molecule has 38 heavy (non-hydrogen) atoms. The van der Waals surface area contributed by atoms with Crippen LogP contribution in [0.5, 0.6) is 11.5 Å². The molecule has 4 N–H and O–H groups in total. The van der Waals surface area contributed by atoms with Crippen molar-refractivity contribution in [3.05, 3.63) is 94.3 Å². The topological polar surface area (TPSA) is 125 Å². The summed E-state index contributed by atoms with van der Waals surface area (Å²) in [6, 6.07) is 13.7. The highest BCUT2D eigenvalue weighted by Crippen LogP contribution is 2.27. The van der Waals surface area contributed by atoms with Crippen LogP contribution in [0.2, 0.25) is 0 Å². The zero-order valence-corrected chi connectivity index (χ0v) is 20.9. The fourth-order valence-corrected chi connectivity index (χ4v) is 4.37. The quantitative estimate of drug-likeness (QED) is 0.276. The molecule has 0 bridgehead atoms. The Morgan fingerprint density at radius 1 is 0.974 bits per heavy atom. The lowest BCUT2D eigenvalue weighted by atomic mass is 9.98. The predicted octanol–water partition coefficient (Wildman–Crippen LogP) is 3.74. The molecule has 0 spiro atoms. The van der Waals surface area contributed by atoms with Crippen LogP contribution >= 0.6 is 0 Å². The van der Waals surface area contributed by atoms with E-state index in [1.807, 2.05) is 0 Å². The molecular weight excluding hydrogens is 491 g/mol. The van der Waals surface area contributed by atoms with E-state index in [2.05, 4.69) is 10.6 Å². The van der Waals surface area contributed by atoms with Crippen LogP contribution in [0, 0.1) is 5.82 Å². The minimum Gasteiger partial charge on any atom is -0.508 e. The van der Waals surface area contributed by atoms with E-state index in [-0.39, 0.29) is 22.8 Å². The second kappa shape index (κ2) is 11.9. The molecule has 3 aromatic carbocycles. The SMILES string of the molecule is CCc1ccc(O)c(C(=O)c2ccc(C(=O)O[C@@H]3CCCNC[C@H]3NC(=O)c3ccc(O)cc3)cc2)c1F. The molecule has 0 saturated carbocycles. The number of aryl methyl sites for hydroxylation is 1. The third kappa shape index (κ3) is 6.00. The van der Waals surface area contributed by atoms with E-state index in [0.29, 0.717) is 37.1 Å². The summed E-state index contributed by atoms with van der Waals surface area (Å²) in [7, 11) is 0. The summed E-state index contributed by atoms with van der Waals surface area (Å²) in [5.41, 5.74) is 0.578. The van der Waals surface area contributed by atoms with E-state index in [1.54, 1.807) is 6.92 Å². The van der Waals surface area contributed by atoms with Crippen molar-refractivity contribution in [1.82, 2.24) is 10.6 Å². The molecule has 1 heterocycles.